The summed E-state index contributed by atoms with van der Waals surface area (Å²) in [5, 5.41) is 9.27. The normalized spacial score (nSPS) is 22.3. The first-order chi connectivity index (χ1) is 10.6. The molecule has 3 atom stereocenters. The van der Waals surface area contributed by atoms with Gasteiger partial charge in [0.15, 0.2) is 11.2 Å². The Morgan fingerprint density at radius 3 is 2.95 bits per heavy atom. The Labute approximate surface area is 128 Å². The Balaban J connectivity index is 1.99. The maximum Gasteiger partial charge on any atom is 0.247 e. The van der Waals surface area contributed by atoms with Crippen LogP contribution < -0.4 is 10.5 Å². The van der Waals surface area contributed by atoms with Crippen molar-refractivity contribution in [1.29, 1.82) is 0 Å². The van der Waals surface area contributed by atoms with Crippen LogP contribution >= 0.6 is 0 Å². The molecule has 0 saturated heterocycles. The van der Waals surface area contributed by atoms with E-state index in [9.17, 15) is 5.11 Å². The van der Waals surface area contributed by atoms with Crippen LogP contribution in [-0.2, 0) is 0 Å². The van der Waals surface area contributed by atoms with Crippen molar-refractivity contribution in [3.63, 3.8) is 0 Å². The fraction of sp³-hybridized carbons (Fsp3) is 0.533. The number of nitrogens with two attached hydrogens (primary N) is 1. The molecule has 0 aliphatic heterocycles. The Morgan fingerprint density at radius 2 is 2.27 bits per heavy atom. The maximum absolute atomic E-state index is 9.27. The van der Waals surface area contributed by atoms with Crippen LogP contribution in [-0.4, -0.2) is 37.3 Å². The second kappa shape index (κ2) is 5.92. The molecule has 7 nitrogen and oxygen atoms in total. The highest BCUT2D eigenvalue weighted by atomic mass is 16.5. The number of nitrogens with zero attached hydrogens (tertiary/aromatic N) is 4. The van der Waals surface area contributed by atoms with Crippen LogP contribution in [0.1, 0.15) is 32.7 Å². The standard InChI is InChI=1S/C15H21N5O2/c1-3-9(2)22-14-12-13(18-15(16)19-14)20(8-17-12)11-5-4-10(6-11)7-21/h4-5,8-11,21H,3,6-7H2,1-2H3,(H2,16,18,19)/t9-,10-,11+/m0/s1. The van der Waals surface area contributed by atoms with E-state index in [0.29, 0.717) is 17.0 Å². The predicted octanol–water partition coefficient (Wildman–Crippen LogP) is 1.70. The summed E-state index contributed by atoms with van der Waals surface area (Å²) in [6.07, 6.45) is 7.56. The van der Waals surface area contributed by atoms with Crippen LogP contribution in [0.5, 0.6) is 5.88 Å². The van der Waals surface area contributed by atoms with Crippen LogP contribution in [0.4, 0.5) is 5.95 Å². The van der Waals surface area contributed by atoms with Crippen LogP contribution in [0.25, 0.3) is 11.2 Å². The third-order valence-corrected chi connectivity index (χ3v) is 4.04. The molecule has 2 aromatic rings. The highest BCUT2D eigenvalue weighted by Crippen LogP contribution is 2.32. The molecule has 0 unspecified atom stereocenters. The van der Waals surface area contributed by atoms with Gasteiger partial charge in [0.05, 0.1) is 18.5 Å². The zero-order chi connectivity index (χ0) is 15.7. The van der Waals surface area contributed by atoms with E-state index in [2.05, 4.69) is 21.0 Å². The lowest BCUT2D eigenvalue weighted by Crippen LogP contribution is -2.13. The molecule has 1 aliphatic rings. The Morgan fingerprint density at radius 1 is 1.45 bits per heavy atom. The fourth-order valence-corrected chi connectivity index (χ4v) is 2.60. The van der Waals surface area contributed by atoms with Crippen LogP contribution in [0.2, 0.25) is 0 Å². The molecule has 0 aromatic carbocycles. The van der Waals surface area contributed by atoms with Crippen LogP contribution in [0.3, 0.4) is 0 Å². The number of imidazole rings is 1. The molecule has 0 saturated carbocycles. The van der Waals surface area contributed by atoms with E-state index in [1.807, 2.05) is 24.5 Å². The zero-order valence-corrected chi connectivity index (χ0v) is 12.8. The van der Waals surface area contributed by atoms with Crippen molar-refractivity contribution in [2.24, 2.45) is 5.92 Å². The van der Waals surface area contributed by atoms with Gasteiger partial charge < -0.3 is 20.1 Å². The molecule has 0 bridgehead atoms. The quantitative estimate of drug-likeness (QED) is 0.816. The Kier molecular flexibility index (Phi) is 3.98. The van der Waals surface area contributed by atoms with Gasteiger partial charge in [-0.25, -0.2) is 4.98 Å². The van der Waals surface area contributed by atoms with Gasteiger partial charge in [-0.2, -0.15) is 9.97 Å². The van der Waals surface area contributed by atoms with Gasteiger partial charge in [0.1, 0.15) is 0 Å². The summed E-state index contributed by atoms with van der Waals surface area (Å²) < 4.78 is 7.77. The fourth-order valence-electron chi connectivity index (χ4n) is 2.60. The van der Waals surface area contributed by atoms with E-state index in [1.165, 1.54) is 0 Å². The van der Waals surface area contributed by atoms with Gasteiger partial charge in [0.25, 0.3) is 0 Å². The molecule has 0 amide bonds. The summed E-state index contributed by atoms with van der Waals surface area (Å²) in [6, 6.07) is 0.118. The number of aromatic nitrogens is 4. The first-order valence-electron chi connectivity index (χ1n) is 7.58. The average molecular weight is 303 g/mol. The van der Waals surface area contributed by atoms with E-state index in [0.717, 1.165) is 12.8 Å². The highest BCUT2D eigenvalue weighted by Gasteiger charge is 2.23. The van der Waals surface area contributed by atoms with E-state index in [4.69, 9.17) is 10.5 Å². The molecular weight excluding hydrogens is 282 g/mol. The Hall–Kier alpha value is -2.15. The molecule has 118 valence electrons. The first kappa shape index (κ1) is 14.8. The number of anilines is 1. The predicted molar refractivity (Wildman–Crippen MR) is 83.5 cm³/mol. The van der Waals surface area contributed by atoms with Gasteiger partial charge in [-0.3, -0.25) is 0 Å². The van der Waals surface area contributed by atoms with Gasteiger partial charge in [-0.05, 0) is 19.8 Å². The Bertz CT molecular complexity index is 697. The SMILES string of the molecule is CC[C@H](C)Oc1nc(N)nc2c1ncn2[C@@H]1C=C[C@H](CO)C1. The molecule has 22 heavy (non-hydrogen) atoms. The van der Waals surface area contributed by atoms with Crippen LogP contribution in [0, 0.1) is 5.92 Å². The number of fused-ring (bicyclic) bond motifs is 1. The highest BCUT2D eigenvalue weighted by molar-refractivity contribution is 5.77. The van der Waals surface area contributed by atoms with Gasteiger partial charge in [0, 0.05) is 12.5 Å². The lowest BCUT2D eigenvalue weighted by Gasteiger charge is -2.14. The minimum atomic E-state index is 0.0350. The molecule has 0 fully saturated rings. The van der Waals surface area contributed by atoms with Crippen molar-refractivity contribution in [2.75, 3.05) is 12.3 Å². The van der Waals surface area contributed by atoms with Crippen molar-refractivity contribution in [1.82, 2.24) is 19.5 Å². The smallest absolute Gasteiger partial charge is 0.247 e. The van der Waals surface area contributed by atoms with Crippen molar-refractivity contribution in [3.05, 3.63) is 18.5 Å². The molecular formula is C15H21N5O2. The molecule has 3 rings (SSSR count). The molecule has 2 aromatic heterocycles. The topological polar surface area (TPSA) is 99.1 Å². The number of rotatable bonds is 5. The van der Waals surface area contributed by atoms with Gasteiger partial charge in [-0.1, -0.05) is 19.1 Å². The van der Waals surface area contributed by atoms with Crippen molar-refractivity contribution < 1.29 is 9.84 Å². The summed E-state index contributed by atoms with van der Waals surface area (Å²) in [7, 11) is 0. The van der Waals surface area contributed by atoms with Gasteiger partial charge in [-0.15, -0.1) is 0 Å². The molecule has 0 radical (unpaired) electrons. The van der Waals surface area contributed by atoms with Gasteiger partial charge >= 0.3 is 0 Å². The summed E-state index contributed by atoms with van der Waals surface area (Å²) in [4.78, 5) is 12.9. The first-order valence-corrected chi connectivity index (χ1v) is 7.58. The molecule has 7 heteroatoms. The van der Waals surface area contributed by atoms with Gasteiger partial charge in [0.2, 0.25) is 11.8 Å². The zero-order valence-electron chi connectivity index (χ0n) is 12.8. The number of aliphatic hydroxyl groups excluding tert-OH is 1. The summed E-state index contributed by atoms with van der Waals surface area (Å²) >= 11 is 0. The van der Waals surface area contributed by atoms with Crippen molar-refractivity contribution in [3.8, 4) is 5.88 Å². The molecule has 1 aliphatic carbocycles. The number of ether oxygens (including phenoxy) is 1. The molecule has 2 heterocycles. The molecule has 3 N–H and O–H groups in total. The minimum Gasteiger partial charge on any atom is -0.473 e. The number of hydrogen-bond acceptors (Lipinski definition) is 6. The summed E-state index contributed by atoms with van der Waals surface area (Å²) in [5.74, 6) is 0.780. The minimum absolute atomic E-state index is 0.0350. The van der Waals surface area contributed by atoms with Crippen molar-refractivity contribution >= 4 is 17.1 Å². The second-order valence-electron chi connectivity index (χ2n) is 5.68. The third-order valence-electron chi connectivity index (χ3n) is 4.04. The number of aliphatic hydroxyl groups is 1. The van der Waals surface area contributed by atoms with E-state index in [-0.39, 0.29) is 30.6 Å². The number of allylic oxidation sites excluding steroid dienone is 1. The van der Waals surface area contributed by atoms with E-state index < -0.39 is 0 Å². The number of nitrogen functional groups attached to an aromatic ring is 1. The average Bonchev–Trinajstić information content (AvgIpc) is 3.12. The summed E-state index contributed by atoms with van der Waals surface area (Å²) in [5.41, 5.74) is 7.11. The lowest BCUT2D eigenvalue weighted by molar-refractivity contribution is 0.211. The van der Waals surface area contributed by atoms with Crippen LogP contribution in [0.15, 0.2) is 18.5 Å². The maximum atomic E-state index is 9.27. The largest absolute Gasteiger partial charge is 0.473 e. The monoisotopic (exact) mass is 303 g/mol. The van der Waals surface area contributed by atoms with Crippen molar-refractivity contribution in [2.45, 2.75) is 38.8 Å². The molecule has 0 spiro atoms. The lowest BCUT2D eigenvalue weighted by atomic mass is 10.1. The van der Waals surface area contributed by atoms with E-state index in [1.54, 1.807) is 6.33 Å². The van der Waals surface area contributed by atoms with E-state index >= 15 is 0 Å². The summed E-state index contributed by atoms with van der Waals surface area (Å²) in [6.45, 7) is 4.18. The third kappa shape index (κ3) is 2.64. The second-order valence-corrected chi connectivity index (χ2v) is 5.68. The number of hydrogen-bond donors (Lipinski definition) is 2.